The Bertz CT molecular complexity index is 1320. The van der Waals surface area contributed by atoms with E-state index in [2.05, 4.69) is 10.3 Å². The van der Waals surface area contributed by atoms with Crippen molar-refractivity contribution in [2.24, 2.45) is 5.92 Å². The van der Waals surface area contributed by atoms with Crippen molar-refractivity contribution in [3.05, 3.63) is 82.9 Å². The molecule has 1 unspecified atom stereocenters. The van der Waals surface area contributed by atoms with Gasteiger partial charge in [-0.1, -0.05) is 30.7 Å². The summed E-state index contributed by atoms with van der Waals surface area (Å²) in [6.45, 7) is 1.81. The van der Waals surface area contributed by atoms with Crippen LogP contribution in [0.25, 0.3) is 11.1 Å². The minimum Gasteiger partial charge on any atom is -0.481 e. The second kappa shape index (κ2) is 10.7. The molecule has 3 aromatic rings. The average molecular weight is 515 g/mol. The molecule has 1 fully saturated rings. The number of carbonyl (C=O) groups is 2. The lowest BCUT2D eigenvalue weighted by Crippen LogP contribution is -2.31. The Balaban J connectivity index is 1.60. The molecule has 0 radical (unpaired) electrons. The molecule has 1 amide bonds. The third-order valence-electron chi connectivity index (χ3n) is 6.94. The first-order valence-corrected chi connectivity index (χ1v) is 12.0. The number of carbonyl (C=O) groups excluding carboxylic acids is 1. The maximum Gasteiger partial charge on any atom is 0.417 e. The number of benzene rings is 2. The molecule has 2 N–H and O–H groups in total. The van der Waals surface area contributed by atoms with Crippen molar-refractivity contribution in [3.63, 3.8) is 0 Å². The number of aromatic nitrogens is 1. The molecule has 1 aromatic heterocycles. The van der Waals surface area contributed by atoms with Crippen LogP contribution in [0.3, 0.4) is 0 Å². The fourth-order valence-corrected chi connectivity index (χ4v) is 4.65. The van der Waals surface area contributed by atoms with Crippen molar-refractivity contribution in [1.29, 1.82) is 0 Å². The minimum atomic E-state index is -4.60. The van der Waals surface area contributed by atoms with E-state index in [-0.39, 0.29) is 29.4 Å². The molecule has 4 rings (SSSR count). The molecule has 1 heterocycles. The molecule has 0 spiro atoms. The van der Waals surface area contributed by atoms with E-state index in [9.17, 15) is 22.8 Å². The van der Waals surface area contributed by atoms with Gasteiger partial charge in [-0.2, -0.15) is 13.2 Å². The fraction of sp³-hybridized carbons (Fsp3) is 0.321. The first kappa shape index (κ1) is 26.3. The van der Waals surface area contributed by atoms with E-state index in [4.69, 9.17) is 5.11 Å². The Labute approximate surface area is 211 Å². The van der Waals surface area contributed by atoms with Gasteiger partial charge < -0.3 is 10.4 Å². The second-order valence-corrected chi connectivity index (χ2v) is 9.34. The molecule has 1 aliphatic rings. The standard InChI is InChI=1S/C28H26F4N2O3/c1-16-17(9-11-25(35)36)4-3-7-24(16)34-27(37)26(18-5-2-6-18)19-8-10-22(23(29)13-19)20-12-21(15-33-14-20)28(30,31)32/h3-4,7-8,10,12-15,18,26H,2,5-6,9,11H2,1H3,(H,34,37)(H,35,36). The smallest absolute Gasteiger partial charge is 0.417 e. The summed E-state index contributed by atoms with van der Waals surface area (Å²) in [6, 6.07) is 10.3. The molecule has 0 aliphatic heterocycles. The van der Waals surface area contributed by atoms with E-state index in [0.717, 1.165) is 36.5 Å². The van der Waals surface area contributed by atoms with Crippen molar-refractivity contribution in [2.75, 3.05) is 5.32 Å². The number of amides is 1. The van der Waals surface area contributed by atoms with Crippen molar-refractivity contribution in [1.82, 2.24) is 4.98 Å². The van der Waals surface area contributed by atoms with E-state index in [1.165, 1.54) is 18.3 Å². The molecular formula is C28H26F4N2O3. The molecular weight excluding hydrogens is 488 g/mol. The number of nitrogens with one attached hydrogen (secondary N) is 1. The summed E-state index contributed by atoms with van der Waals surface area (Å²) in [5, 5.41) is 11.9. The minimum absolute atomic E-state index is 0.00248. The Kier molecular flexibility index (Phi) is 7.61. The number of hydrogen-bond acceptors (Lipinski definition) is 3. The van der Waals surface area contributed by atoms with Gasteiger partial charge in [-0.25, -0.2) is 4.39 Å². The highest BCUT2D eigenvalue weighted by Gasteiger charge is 2.35. The van der Waals surface area contributed by atoms with E-state index in [1.54, 1.807) is 18.2 Å². The normalized spacial score (nSPS) is 14.6. The van der Waals surface area contributed by atoms with Gasteiger partial charge in [0.25, 0.3) is 0 Å². The SMILES string of the molecule is Cc1c(CCC(=O)O)cccc1NC(=O)C(c1ccc(-c2cncc(C(F)(F)F)c2)c(F)c1)C1CCC1. The van der Waals surface area contributed by atoms with Gasteiger partial charge in [0.05, 0.1) is 11.5 Å². The fourth-order valence-electron chi connectivity index (χ4n) is 4.65. The number of nitrogens with zero attached hydrogens (tertiary/aromatic N) is 1. The van der Waals surface area contributed by atoms with Crippen LogP contribution in [-0.4, -0.2) is 22.0 Å². The van der Waals surface area contributed by atoms with Crippen LogP contribution in [0, 0.1) is 18.7 Å². The summed E-state index contributed by atoms with van der Waals surface area (Å²) in [4.78, 5) is 28.0. The molecule has 0 bridgehead atoms. The Morgan fingerprint density at radius 3 is 2.51 bits per heavy atom. The Morgan fingerprint density at radius 2 is 1.89 bits per heavy atom. The average Bonchev–Trinajstić information content (AvgIpc) is 2.81. The van der Waals surface area contributed by atoms with Crippen molar-refractivity contribution < 1.29 is 32.3 Å². The zero-order valence-electron chi connectivity index (χ0n) is 20.1. The number of rotatable bonds is 8. The molecule has 5 nitrogen and oxygen atoms in total. The largest absolute Gasteiger partial charge is 0.481 e. The highest BCUT2D eigenvalue weighted by atomic mass is 19.4. The number of hydrogen-bond donors (Lipinski definition) is 2. The summed E-state index contributed by atoms with van der Waals surface area (Å²) in [5.74, 6) is -2.58. The predicted octanol–water partition coefficient (Wildman–Crippen LogP) is 6.75. The van der Waals surface area contributed by atoms with E-state index < -0.39 is 29.4 Å². The van der Waals surface area contributed by atoms with Gasteiger partial charge in [0.15, 0.2) is 0 Å². The topological polar surface area (TPSA) is 79.3 Å². The van der Waals surface area contributed by atoms with Crippen LogP contribution < -0.4 is 5.32 Å². The van der Waals surface area contributed by atoms with E-state index in [1.807, 2.05) is 13.0 Å². The first-order chi connectivity index (χ1) is 17.5. The van der Waals surface area contributed by atoms with Gasteiger partial charge in [-0.05, 0) is 67.0 Å². The number of carboxylic acid groups (broad SMARTS) is 1. The van der Waals surface area contributed by atoms with Gasteiger partial charge in [-0.15, -0.1) is 0 Å². The summed E-state index contributed by atoms with van der Waals surface area (Å²) in [5.41, 5.74) is 1.58. The zero-order valence-corrected chi connectivity index (χ0v) is 20.1. The predicted molar refractivity (Wildman–Crippen MR) is 130 cm³/mol. The molecule has 1 aliphatic carbocycles. The molecule has 1 saturated carbocycles. The number of alkyl halides is 3. The van der Waals surface area contributed by atoms with Crippen molar-refractivity contribution in [3.8, 4) is 11.1 Å². The summed E-state index contributed by atoms with van der Waals surface area (Å²) in [6.07, 6.45) is 0.108. The first-order valence-electron chi connectivity index (χ1n) is 12.0. The maximum atomic E-state index is 15.2. The number of aliphatic carboxylic acids is 1. The Morgan fingerprint density at radius 1 is 1.14 bits per heavy atom. The molecule has 1 atom stereocenters. The Hall–Kier alpha value is -3.75. The van der Waals surface area contributed by atoms with Crippen LogP contribution in [0.2, 0.25) is 0 Å². The van der Waals surface area contributed by atoms with E-state index in [0.29, 0.717) is 23.9 Å². The number of halogens is 4. The summed E-state index contributed by atoms with van der Waals surface area (Å²) >= 11 is 0. The molecule has 2 aromatic carbocycles. The van der Waals surface area contributed by atoms with Crippen LogP contribution in [0.4, 0.5) is 23.2 Å². The molecule has 194 valence electrons. The third kappa shape index (κ3) is 5.98. The van der Waals surface area contributed by atoms with Crippen LogP contribution in [-0.2, 0) is 22.2 Å². The third-order valence-corrected chi connectivity index (χ3v) is 6.94. The zero-order chi connectivity index (χ0) is 26.7. The molecule has 37 heavy (non-hydrogen) atoms. The molecule has 9 heteroatoms. The highest BCUT2D eigenvalue weighted by Crippen LogP contribution is 2.41. The monoisotopic (exact) mass is 514 g/mol. The van der Waals surface area contributed by atoms with Crippen LogP contribution >= 0.6 is 0 Å². The summed E-state index contributed by atoms with van der Waals surface area (Å²) in [7, 11) is 0. The van der Waals surface area contributed by atoms with Gasteiger partial charge in [-0.3, -0.25) is 14.6 Å². The number of pyridine rings is 1. The van der Waals surface area contributed by atoms with Gasteiger partial charge in [0, 0.05) is 35.6 Å². The number of aryl methyl sites for hydroxylation is 1. The second-order valence-electron chi connectivity index (χ2n) is 9.34. The maximum absolute atomic E-state index is 15.2. The van der Waals surface area contributed by atoms with Crippen LogP contribution in [0.15, 0.2) is 54.9 Å². The van der Waals surface area contributed by atoms with Crippen molar-refractivity contribution in [2.45, 2.75) is 51.1 Å². The highest BCUT2D eigenvalue weighted by molar-refractivity contribution is 5.97. The van der Waals surface area contributed by atoms with Gasteiger partial charge in [0.2, 0.25) is 5.91 Å². The van der Waals surface area contributed by atoms with Gasteiger partial charge >= 0.3 is 12.1 Å². The quantitative estimate of drug-likeness (QED) is 0.326. The van der Waals surface area contributed by atoms with Crippen molar-refractivity contribution >= 4 is 17.6 Å². The summed E-state index contributed by atoms with van der Waals surface area (Å²) < 4.78 is 54.4. The number of anilines is 1. The lowest BCUT2D eigenvalue weighted by molar-refractivity contribution is -0.138. The lowest BCUT2D eigenvalue weighted by atomic mass is 9.72. The van der Waals surface area contributed by atoms with Gasteiger partial charge in [0.1, 0.15) is 5.82 Å². The van der Waals surface area contributed by atoms with E-state index >= 15 is 4.39 Å². The van der Waals surface area contributed by atoms with Crippen LogP contribution in [0.1, 0.15) is 53.9 Å². The van der Waals surface area contributed by atoms with Crippen LogP contribution in [0.5, 0.6) is 0 Å². The molecule has 0 saturated heterocycles. The lowest BCUT2D eigenvalue weighted by Gasteiger charge is -2.33. The number of carboxylic acids is 1.